The van der Waals surface area contributed by atoms with Gasteiger partial charge in [0.25, 0.3) is 0 Å². The predicted octanol–water partition coefficient (Wildman–Crippen LogP) is 4.28. The third-order valence-corrected chi connectivity index (χ3v) is 8.20. The molecule has 0 bridgehead atoms. The summed E-state index contributed by atoms with van der Waals surface area (Å²) in [6, 6.07) is 16.6. The van der Waals surface area contributed by atoms with Crippen molar-refractivity contribution in [3.63, 3.8) is 0 Å². The van der Waals surface area contributed by atoms with E-state index < -0.39 is 15.6 Å². The van der Waals surface area contributed by atoms with Crippen LogP contribution in [0.1, 0.15) is 31.0 Å². The maximum Gasteiger partial charge on any atom is 0.244 e. The topological polar surface area (TPSA) is 37.4 Å². The molecule has 2 aromatic carbocycles. The average molecular weight is 394 g/mol. The minimum absolute atomic E-state index is 0.0672. The number of alkyl halides is 1. The highest BCUT2D eigenvalue weighted by Gasteiger charge is 2.59. The molecule has 5 heteroatoms. The van der Waals surface area contributed by atoms with E-state index in [2.05, 4.69) is 15.9 Å². The first-order valence-corrected chi connectivity index (χ1v) is 9.92. The minimum Gasteiger partial charge on any atom is -0.207 e. The molecule has 0 amide bonds. The van der Waals surface area contributed by atoms with Crippen molar-refractivity contribution in [3.8, 4) is 0 Å². The summed E-state index contributed by atoms with van der Waals surface area (Å²) < 4.78 is 28.0. The first-order chi connectivity index (χ1) is 10.8. The Morgan fingerprint density at radius 3 is 2.13 bits per heavy atom. The van der Waals surface area contributed by atoms with Crippen LogP contribution in [0.15, 0.2) is 59.5 Å². The molecule has 23 heavy (non-hydrogen) atoms. The Morgan fingerprint density at radius 1 is 1.00 bits per heavy atom. The van der Waals surface area contributed by atoms with Crippen molar-refractivity contribution in [1.29, 1.82) is 0 Å². The van der Waals surface area contributed by atoms with Crippen molar-refractivity contribution in [1.82, 2.24) is 4.31 Å². The van der Waals surface area contributed by atoms with Gasteiger partial charge in [0.1, 0.15) is 0 Å². The summed E-state index contributed by atoms with van der Waals surface area (Å²) in [5, 5.41) is 0. The smallest absolute Gasteiger partial charge is 0.207 e. The monoisotopic (exact) mass is 393 g/mol. The molecule has 3 rings (SSSR count). The first kappa shape index (κ1) is 16.7. The standard InChI is InChI=1S/C18H20BrNO2S/c1-13-9-11-15(12-10-13)23(21,22)20-16(17(19)18(20,2)3)14-7-5-4-6-8-14/h4-12,16-17H,1-3H3/t16-,17-/m1/s1. The Balaban J connectivity index is 2.06. The molecule has 1 fully saturated rings. The first-order valence-electron chi connectivity index (χ1n) is 7.56. The van der Waals surface area contributed by atoms with Crippen molar-refractivity contribution >= 4 is 26.0 Å². The van der Waals surface area contributed by atoms with Crippen LogP contribution in [0.4, 0.5) is 0 Å². The molecule has 2 atom stereocenters. The SMILES string of the molecule is Cc1ccc(S(=O)(=O)N2[C@H](c3ccccc3)[C@@H](Br)C2(C)C)cc1. The second kappa shape index (κ2) is 5.72. The van der Waals surface area contributed by atoms with Crippen molar-refractivity contribution < 1.29 is 8.42 Å². The number of benzene rings is 2. The Morgan fingerprint density at radius 2 is 1.57 bits per heavy atom. The van der Waals surface area contributed by atoms with E-state index in [1.807, 2.05) is 63.2 Å². The van der Waals surface area contributed by atoms with Crippen molar-refractivity contribution in [2.24, 2.45) is 0 Å². The molecule has 0 unspecified atom stereocenters. The van der Waals surface area contributed by atoms with Gasteiger partial charge in [0.05, 0.1) is 15.8 Å². The fourth-order valence-electron chi connectivity index (χ4n) is 3.14. The number of nitrogens with zero attached hydrogens (tertiary/aromatic N) is 1. The highest BCUT2D eigenvalue weighted by atomic mass is 79.9. The Bertz CT molecular complexity index is 801. The van der Waals surface area contributed by atoms with E-state index in [0.29, 0.717) is 4.90 Å². The number of hydrogen-bond donors (Lipinski definition) is 0. The Hall–Kier alpha value is -1.17. The predicted molar refractivity (Wildman–Crippen MR) is 96.2 cm³/mol. The highest BCUT2D eigenvalue weighted by Crippen LogP contribution is 2.53. The second-order valence-corrected chi connectivity index (χ2v) is 9.33. The van der Waals surface area contributed by atoms with Gasteiger partial charge in [-0.15, -0.1) is 0 Å². The molecule has 1 aliphatic rings. The highest BCUT2D eigenvalue weighted by molar-refractivity contribution is 9.09. The van der Waals surface area contributed by atoms with Crippen LogP contribution >= 0.6 is 15.9 Å². The summed E-state index contributed by atoms with van der Waals surface area (Å²) in [5.74, 6) is 0. The van der Waals surface area contributed by atoms with Crippen LogP contribution in [0.25, 0.3) is 0 Å². The maximum atomic E-state index is 13.2. The zero-order chi connectivity index (χ0) is 16.8. The maximum absolute atomic E-state index is 13.2. The third-order valence-electron chi connectivity index (χ3n) is 4.49. The van der Waals surface area contributed by atoms with Gasteiger partial charge in [-0.1, -0.05) is 64.0 Å². The fraction of sp³-hybridized carbons (Fsp3) is 0.333. The molecular formula is C18H20BrNO2S. The lowest BCUT2D eigenvalue weighted by molar-refractivity contribution is 0.0501. The second-order valence-electron chi connectivity index (χ2n) is 6.52. The van der Waals surface area contributed by atoms with Crippen LogP contribution in [-0.4, -0.2) is 23.1 Å². The lowest BCUT2D eigenvalue weighted by atomic mass is 9.81. The van der Waals surface area contributed by atoms with Gasteiger partial charge in [-0.25, -0.2) is 8.42 Å². The summed E-state index contributed by atoms with van der Waals surface area (Å²) >= 11 is 3.70. The lowest BCUT2D eigenvalue weighted by Crippen LogP contribution is -2.68. The number of sulfonamides is 1. The van der Waals surface area contributed by atoms with E-state index in [9.17, 15) is 8.42 Å². The van der Waals surface area contributed by atoms with Gasteiger partial charge in [0, 0.05) is 5.54 Å². The van der Waals surface area contributed by atoms with Gasteiger partial charge in [-0.3, -0.25) is 0 Å². The molecule has 0 aromatic heterocycles. The van der Waals surface area contributed by atoms with Gasteiger partial charge in [0.15, 0.2) is 0 Å². The number of hydrogen-bond acceptors (Lipinski definition) is 2. The number of aryl methyl sites for hydroxylation is 1. The van der Waals surface area contributed by atoms with Crippen molar-refractivity contribution in [2.75, 3.05) is 0 Å². The zero-order valence-corrected chi connectivity index (χ0v) is 15.8. The quantitative estimate of drug-likeness (QED) is 0.729. The van der Waals surface area contributed by atoms with E-state index in [4.69, 9.17) is 0 Å². The zero-order valence-electron chi connectivity index (χ0n) is 13.4. The van der Waals surface area contributed by atoms with Gasteiger partial charge in [0.2, 0.25) is 10.0 Å². The molecule has 1 heterocycles. The summed E-state index contributed by atoms with van der Waals surface area (Å²) in [4.78, 5) is 0.411. The number of rotatable bonds is 3. The van der Waals surface area contributed by atoms with E-state index >= 15 is 0 Å². The Labute approximate surface area is 146 Å². The van der Waals surface area contributed by atoms with Gasteiger partial charge < -0.3 is 0 Å². The summed E-state index contributed by atoms with van der Waals surface area (Å²) in [6.07, 6.45) is 0. The molecule has 1 aliphatic heterocycles. The molecule has 0 aliphatic carbocycles. The van der Waals surface area contributed by atoms with Crippen LogP contribution < -0.4 is 0 Å². The molecule has 0 radical (unpaired) electrons. The summed E-state index contributed by atoms with van der Waals surface area (Å²) in [6.45, 7) is 5.86. The molecule has 0 N–H and O–H groups in total. The minimum atomic E-state index is -3.55. The molecule has 1 saturated heterocycles. The van der Waals surface area contributed by atoms with Gasteiger partial charge in [-0.2, -0.15) is 4.31 Å². The van der Waals surface area contributed by atoms with Crippen LogP contribution in [0.5, 0.6) is 0 Å². The fourth-order valence-corrected chi connectivity index (χ4v) is 6.18. The van der Waals surface area contributed by atoms with E-state index in [1.165, 1.54) is 0 Å². The number of halogens is 1. The van der Waals surface area contributed by atoms with E-state index in [0.717, 1.165) is 11.1 Å². The molecular weight excluding hydrogens is 374 g/mol. The third kappa shape index (κ3) is 2.65. The van der Waals surface area contributed by atoms with Crippen LogP contribution in [0.2, 0.25) is 0 Å². The molecule has 2 aromatic rings. The molecule has 3 nitrogen and oxygen atoms in total. The van der Waals surface area contributed by atoms with Crippen LogP contribution in [0.3, 0.4) is 0 Å². The largest absolute Gasteiger partial charge is 0.244 e. The van der Waals surface area contributed by atoms with Crippen molar-refractivity contribution in [2.45, 2.75) is 42.1 Å². The van der Waals surface area contributed by atoms with Crippen LogP contribution in [-0.2, 0) is 10.0 Å². The Kier molecular flexibility index (Phi) is 4.15. The normalized spacial score (nSPS) is 24.2. The van der Waals surface area contributed by atoms with E-state index in [-0.39, 0.29) is 10.9 Å². The van der Waals surface area contributed by atoms with Crippen molar-refractivity contribution in [3.05, 3.63) is 65.7 Å². The molecule has 122 valence electrons. The summed E-state index contributed by atoms with van der Waals surface area (Å²) in [5.41, 5.74) is 1.57. The molecule has 0 saturated carbocycles. The average Bonchev–Trinajstić information content (AvgIpc) is 2.52. The van der Waals surface area contributed by atoms with E-state index in [1.54, 1.807) is 16.4 Å². The van der Waals surface area contributed by atoms with Gasteiger partial charge in [-0.05, 0) is 38.5 Å². The van der Waals surface area contributed by atoms with Gasteiger partial charge >= 0.3 is 0 Å². The van der Waals surface area contributed by atoms with Crippen LogP contribution in [0, 0.1) is 6.92 Å². The lowest BCUT2D eigenvalue weighted by Gasteiger charge is -2.57. The summed E-state index contributed by atoms with van der Waals surface area (Å²) in [7, 11) is -3.55. The molecule has 0 spiro atoms.